The number of imide groups is 1. The van der Waals surface area contributed by atoms with E-state index in [9.17, 15) is 13.8 Å². The van der Waals surface area contributed by atoms with Crippen LogP contribution in [0.5, 0.6) is 0 Å². The molecule has 5 fully saturated rings. The van der Waals surface area contributed by atoms with Crippen LogP contribution in [0.25, 0.3) is 10.9 Å². The molecule has 1 saturated carbocycles. The van der Waals surface area contributed by atoms with Crippen LogP contribution in [-0.4, -0.2) is 116 Å². The summed E-state index contributed by atoms with van der Waals surface area (Å²) in [6.07, 6.45) is 8.71. The summed E-state index contributed by atoms with van der Waals surface area (Å²) in [6, 6.07) is 15.7. The number of halogens is 1. The molecule has 16 heteroatoms. The topological polar surface area (TPSA) is 135 Å². The van der Waals surface area contributed by atoms with Gasteiger partial charge in [-0.05, 0) is 74.4 Å². The minimum atomic E-state index is -1.20. The first-order valence-electron chi connectivity index (χ1n) is 19.1. The Morgan fingerprint density at radius 2 is 1.70 bits per heavy atom. The third-order valence-corrected chi connectivity index (χ3v) is 13.5. The number of carbonyl (C=O) groups is 2. The fraction of sp³-hybridized carbons (Fsp3) is 0.500. The second kappa shape index (κ2) is 14.7. The van der Waals surface area contributed by atoms with E-state index in [4.69, 9.17) is 11.6 Å². The Balaban J connectivity index is 0.756. The van der Waals surface area contributed by atoms with Crippen molar-refractivity contribution >= 4 is 68.6 Å². The van der Waals surface area contributed by atoms with Crippen molar-refractivity contribution in [2.24, 2.45) is 13.0 Å². The van der Waals surface area contributed by atoms with E-state index in [1.165, 1.54) is 17.8 Å². The lowest BCUT2D eigenvalue weighted by molar-refractivity contribution is -0.120. The monoisotopic (exact) mass is 771 g/mol. The number of nitrogens with one attached hydrogen (secondary N) is 2. The van der Waals surface area contributed by atoms with E-state index in [1.807, 2.05) is 17.8 Å². The van der Waals surface area contributed by atoms with Gasteiger partial charge in [0.1, 0.15) is 11.0 Å². The molecule has 3 atom stereocenters. The molecule has 3 amide bonds. The number of urea groups is 1. The van der Waals surface area contributed by atoms with E-state index in [-0.39, 0.29) is 18.4 Å². The SMILES string of the molecule is Cn1nc(N2CCC(=O)NC2=O)c2ccc(N3CCN(CC4CCN(c5cccc(S(=O)N6CCC(Nc7ncc(Cl)cn7)CC6)c5)CC4)C4CC43)cc21. The van der Waals surface area contributed by atoms with Crippen molar-refractivity contribution in [2.75, 3.05) is 72.4 Å². The lowest BCUT2D eigenvalue weighted by atomic mass is 9.95. The van der Waals surface area contributed by atoms with Gasteiger partial charge in [0.05, 0.1) is 27.8 Å². The van der Waals surface area contributed by atoms with Crippen molar-refractivity contribution in [3.8, 4) is 0 Å². The Morgan fingerprint density at radius 3 is 2.48 bits per heavy atom. The molecule has 54 heavy (non-hydrogen) atoms. The third kappa shape index (κ3) is 7.14. The number of nitrogens with zero attached hydrogens (tertiary/aromatic N) is 9. The summed E-state index contributed by atoms with van der Waals surface area (Å²) in [5.74, 6) is 1.60. The molecule has 284 valence electrons. The molecule has 2 N–H and O–H groups in total. The van der Waals surface area contributed by atoms with E-state index in [2.05, 4.69) is 81.1 Å². The highest BCUT2D eigenvalue weighted by molar-refractivity contribution is 7.82. The van der Waals surface area contributed by atoms with Crippen LogP contribution in [0.1, 0.15) is 38.5 Å². The van der Waals surface area contributed by atoms with Gasteiger partial charge >= 0.3 is 6.03 Å². The van der Waals surface area contributed by atoms with E-state index < -0.39 is 17.0 Å². The Bertz CT molecular complexity index is 2060. The Kier molecular flexibility index (Phi) is 9.66. The molecule has 14 nitrogen and oxygen atoms in total. The summed E-state index contributed by atoms with van der Waals surface area (Å²) in [5.41, 5.74) is 3.35. The maximum atomic E-state index is 13.6. The summed E-state index contributed by atoms with van der Waals surface area (Å²) in [7, 11) is 0.710. The van der Waals surface area contributed by atoms with Gasteiger partial charge in [-0.15, -0.1) is 0 Å². The number of carbonyl (C=O) groups excluding carboxylic acids is 2. The van der Waals surface area contributed by atoms with Gasteiger partial charge in [0.25, 0.3) is 0 Å². The molecule has 0 bridgehead atoms. The molecule has 6 heterocycles. The van der Waals surface area contributed by atoms with Crippen molar-refractivity contribution in [3.63, 3.8) is 0 Å². The predicted molar refractivity (Wildman–Crippen MR) is 210 cm³/mol. The number of benzene rings is 2. The standard InChI is InChI=1S/C38H46ClN11O3S/c1-45-32-20-29(5-6-31(32)36(44-45)50-16-11-35(51)43-38(50)52)49-18-17-47(33-21-34(33)49)24-25-7-12-46(13-8-25)28-3-2-4-30(19-28)54(53)48-14-9-27(10-15-48)42-37-40-22-26(39)23-41-37/h2-6,19-20,22-23,25,27,33-34H,7-18,21,24H2,1H3,(H,40,41,42)(H,43,51,52). The Hall–Kier alpha value is -4.31. The van der Waals surface area contributed by atoms with E-state index >= 15 is 0 Å². The average molecular weight is 772 g/mol. The minimum Gasteiger partial charge on any atom is -0.371 e. The highest BCUT2D eigenvalue weighted by Crippen LogP contribution is 2.42. The van der Waals surface area contributed by atoms with Crippen LogP contribution in [0.4, 0.5) is 27.9 Å². The second-order valence-corrected chi connectivity index (χ2v) is 17.1. The zero-order chi connectivity index (χ0) is 36.9. The highest BCUT2D eigenvalue weighted by atomic mass is 35.5. The summed E-state index contributed by atoms with van der Waals surface area (Å²) >= 11 is 5.92. The zero-order valence-electron chi connectivity index (χ0n) is 30.4. The molecular weight excluding hydrogens is 726 g/mol. The molecule has 0 radical (unpaired) electrons. The van der Waals surface area contributed by atoms with Crippen LogP contribution in [0.2, 0.25) is 5.02 Å². The molecule has 4 saturated heterocycles. The average Bonchev–Trinajstić information content (AvgIpc) is 3.94. The van der Waals surface area contributed by atoms with Crippen LogP contribution in [0.3, 0.4) is 0 Å². The summed E-state index contributed by atoms with van der Waals surface area (Å²) < 4.78 is 17.5. The molecule has 4 aliphatic heterocycles. The fourth-order valence-electron chi connectivity index (χ4n) is 8.76. The van der Waals surface area contributed by atoms with Crippen molar-refractivity contribution in [1.82, 2.24) is 34.3 Å². The van der Waals surface area contributed by atoms with E-state index in [0.717, 1.165) is 87.3 Å². The third-order valence-electron chi connectivity index (χ3n) is 11.8. The van der Waals surface area contributed by atoms with Crippen molar-refractivity contribution in [1.29, 1.82) is 0 Å². The highest BCUT2D eigenvalue weighted by Gasteiger charge is 2.49. The largest absolute Gasteiger partial charge is 0.371 e. The van der Waals surface area contributed by atoms with Gasteiger partial charge in [-0.25, -0.2) is 23.3 Å². The first-order chi connectivity index (χ1) is 26.3. The number of anilines is 4. The quantitative estimate of drug-likeness (QED) is 0.255. The van der Waals surface area contributed by atoms with Gasteiger partial charge in [-0.2, -0.15) is 5.10 Å². The lowest BCUT2D eigenvalue weighted by Gasteiger charge is -2.40. The Morgan fingerprint density at radius 1 is 0.907 bits per heavy atom. The van der Waals surface area contributed by atoms with Gasteiger partial charge in [0.2, 0.25) is 11.9 Å². The number of aryl methyl sites for hydroxylation is 1. The molecule has 5 aliphatic rings. The van der Waals surface area contributed by atoms with Crippen molar-refractivity contribution in [3.05, 3.63) is 59.9 Å². The summed E-state index contributed by atoms with van der Waals surface area (Å²) in [6.45, 7) is 7.04. The number of piperazine rings is 1. The Labute approximate surface area is 322 Å². The van der Waals surface area contributed by atoms with Gasteiger partial charge in [0, 0.05) is 101 Å². The zero-order valence-corrected chi connectivity index (χ0v) is 32.0. The van der Waals surface area contributed by atoms with Gasteiger partial charge in [-0.3, -0.25) is 24.6 Å². The number of piperidine rings is 2. The predicted octanol–water partition coefficient (Wildman–Crippen LogP) is 4.24. The minimum absolute atomic E-state index is 0.242. The normalized spacial score (nSPS) is 23.8. The number of rotatable bonds is 9. The first-order valence-corrected chi connectivity index (χ1v) is 20.6. The molecule has 0 spiro atoms. The summed E-state index contributed by atoms with van der Waals surface area (Å²) in [4.78, 5) is 42.9. The van der Waals surface area contributed by atoms with Crippen molar-refractivity contribution in [2.45, 2.75) is 61.5 Å². The smallest absolute Gasteiger partial charge is 0.329 e. The molecule has 2 aromatic carbocycles. The molecule has 9 rings (SSSR count). The van der Waals surface area contributed by atoms with Crippen molar-refractivity contribution < 1.29 is 13.8 Å². The number of hydrogen-bond acceptors (Lipinski definition) is 10. The molecular formula is C38H46ClN11O3S. The van der Waals surface area contributed by atoms with Crippen LogP contribution in [0.15, 0.2) is 59.8 Å². The number of fused-ring (bicyclic) bond motifs is 2. The van der Waals surface area contributed by atoms with Crippen LogP contribution in [0, 0.1) is 5.92 Å². The first kappa shape index (κ1) is 35.4. The van der Waals surface area contributed by atoms with Gasteiger partial charge in [0.15, 0.2) is 5.82 Å². The molecule has 4 aromatic rings. The fourth-order valence-corrected chi connectivity index (χ4v) is 10.1. The van der Waals surface area contributed by atoms with Gasteiger partial charge < -0.3 is 15.1 Å². The molecule has 2 aromatic heterocycles. The molecule has 1 aliphatic carbocycles. The lowest BCUT2D eigenvalue weighted by Crippen LogP contribution is -2.49. The number of aromatic nitrogens is 4. The van der Waals surface area contributed by atoms with E-state index in [1.54, 1.807) is 17.3 Å². The van der Waals surface area contributed by atoms with Crippen LogP contribution in [-0.2, 0) is 22.8 Å². The maximum Gasteiger partial charge on any atom is 0.329 e. The number of amides is 3. The number of hydrogen-bond donors (Lipinski definition) is 2. The summed E-state index contributed by atoms with van der Waals surface area (Å²) in [5, 5.41) is 11.9. The maximum absolute atomic E-state index is 13.6. The van der Waals surface area contributed by atoms with Crippen LogP contribution >= 0.6 is 11.6 Å². The van der Waals surface area contributed by atoms with E-state index in [0.29, 0.717) is 41.3 Å². The van der Waals surface area contributed by atoms with Crippen LogP contribution < -0.4 is 25.3 Å². The second-order valence-electron chi connectivity index (χ2n) is 15.2. The van der Waals surface area contributed by atoms with Gasteiger partial charge in [-0.1, -0.05) is 17.7 Å². The molecule has 3 unspecified atom stereocenters.